The van der Waals surface area contributed by atoms with Gasteiger partial charge in [0.15, 0.2) is 0 Å². The number of nitro groups is 1. The lowest BCUT2D eigenvalue weighted by molar-refractivity contribution is -0.384. The molecule has 0 atom stereocenters. The maximum atomic E-state index is 10.6. The molecule has 7 heteroatoms. The van der Waals surface area contributed by atoms with Gasteiger partial charge in [0.05, 0.1) is 24.7 Å². The van der Waals surface area contributed by atoms with Crippen molar-refractivity contribution in [2.24, 2.45) is 0 Å². The topological polar surface area (TPSA) is 99.7 Å². The summed E-state index contributed by atoms with van der Waals surface area (Å²) in [6.07, 6.45) is 0. The van der Waals surface area contributed by atoms with Crippen LogP contribution >= 0.6 is 0 Å². The van der Waals surface area contributed by atoms with Crippen molar-refractivity contribution in [2.45, 2.75) is 0 Å². The van der Waals surface area contributed by atoms with Gasteiger partial charge in [-0.05, 0) is 6.07 Å². The fraction of sp³-hybridized carbons (Fsp3) is 0.455. The molecular formula is C11H17N3O4. The number of benzene rings is 1. The second kappa shape index (κ2) is 7.46. The summed E-state index contributed by atoms with van der Waals surface area (Å²) >= 11 is 0. The average Bonchev–Trinajstić information content (AvgIpc) is 2.33. The van der Waals surface area contributed by atoms with Crippen LogP contribution in [0, 0.1) is 10.1 Å². The number of nitrogens with two attached hydrogens (primary N) is 1. The maximum absolute atomic E-state index is 10.6. The highest BCUT2D eigenvalue weighted by Gasteiger charge is 2.07. The largest absolute Gasteiger partial charge is 0.398 e. The number of nitrogens with zero attached hydrogens (tertiary/aromatic N) is 1. The third-order valence-corrected chi connectivity index (χ3v) is 2.16. The molecule has 0 amide bonds. The van der Waals surface area contributed by atoms with Gasteiger partial charge in [-0.15, -0.1) is 0 Å². The Morgan fingerprint density at radius 2 is 2.11 bits per heavy atom. The number of ether oxygens (including phenoxy) is 2. The first-order valence-electron chi connectivity index (χ1n) is 5.49. The van der Waals surface area contributed by atoms with Crippen LogP contribution in [0.1, 0.15) is 0 Å². The summed E-state index contributed by atoms with van der Waals surface area (Å²) in [7, 11) is 1.60. The molecule has 0 spiro atoms. The Morgan fingerprint density at radius 1 is 1.33 bits per heavy atom. The van der Waals surface area contributed by atoms with Crippen LogP contribution in [-0.4, -0.2) is 38.4 Å². The van der Waals surface area contributed by atoms with Crippen molar-refractivity contribution in [1.82, 2.24) is 0 Å². The van der Waals surface area contributed by atoms with Crippen LogP contribution in [-0.2, 0) is 9.47 Å². The molecule has 3 N–H and O–H groups in total. The van der Waals surface area contributed by atoms with E-state index in [4.69, 9.17) is 15.2 Å². The molecule has 0 radical (unpaired) electrons. The van der Waals surface area contributed by atoms with Crippen molar-refractivity contribution in [3.8, 4) is 0 Å². The van der Waals surface area contributed by atoms with Crippen molar-refractivity contribution in [3.05, 3.63) is 28.3 Å². The van der Waals surface area contributed by atoms with Crippen molar-refractivity contribution < 1.29 is 14.4 Å². The highest BCUT2D eigenvalue weighted by molar-refractivity contribution is 5.61. The molecule has 0 bridgehead atoms. The van der Waals surface area contributed by atoms with Crippen LogP contribution in [0.25, 0.3) is 0 Å². The third-order valence-electron chi connectivity index (χ3n) is 2.16. The molecule has 1 aromatic rings. The monoisotopic (exact) mass is 255 g/mol. The Labute approximate surface area is 105 Å². The molecule has 0 saturated heterocycles. The van der Waals surface area contributed by atoms with Gasteiger partial charge in [0.2, 0.25) is 0 Å². The number of non-ortho nitro benzene ring substituents is 1. The molecule has 0 unspecified atom stereocenters. The first-order valence-corrected chi connectivity index (χ1v) is 5.49. The Morgan fingerprint density at radius 3 is 2.78 bits per heavy atom. The molecule has 0 aromatic heterocycles. The van der Waals surface area contributed by atoms with Crippen molar-refractivity contribution in [1.29, 1.82) is 0 Å². The SMILES string of the molecule is COCCOCCNc1cc(N)cc([N+](=O)[O-])c1. The summed E-state index contributed by atoms with van der Waals surface area (Å²) in [5.74, 6) is 0. The first kappa shape index (κ1) is 14.2. The highest BCUT2D eigenvalue weighted by Crippen LogP contribution is 2.21. The number of hydrogen-bond acceptors (Lipinski definition) is 6. The van der Waals surface area contributed by atoms with Crippen LogP contribution in [0.4, 0.5) is 17.1 Å². The molecule has 0 aliphatic rings. The van der Waals surface area contributed by atoms with Crippen LogP contribution < -0.4 is 11.1 Å². The number of nitro benzene ring substituents is 1. The summed E-state index contributed by atoms with van der Waals surface area (Å²) in [6, 6.07) is 4.40. The fourth-order valence-corrected chi connectivity index (χ4v) is 1.35. The zero-order chi connectivity index (χ0) is 13.4. The predicted octanol–water partition coefficient (Wildman–Crippen LogP) is 1.25. The number of nitrogen functional groups attached to an aromatic ring is 1. The Hall–Kier alpha value is -1.86. The molecule has 1 aromatic carbocycles. The van der Waals surface area contributed by atoms with Crippen molar-refractivity contribution in [2.75, 3.05) is 44.5 Å². The zero-order valence-corrected chi connectivity index (χ0v) is 10.2. The molecule has 7 nitrogen and oxygen atoms in total. The van der Waals surface area contributed by atoms with E-state index in [1.807, 2.05) is 0 Å². The quantitative estimate of drug-likeness (QED) is 0.314. The van der Waals surface area contributed by atoms with E-state index in [-0.39, 0.29) is 5.69 Å². The van der Waals surface area contributed by atoms with E-state index < -0.39 is 4.92 Å². The molecule has 0 saturated carbocycles. The minimum atomic E-state index is -0.476. The minimum Gasteiger partial charge on any atom is -0.398 e. The van der Waals surface area contributed by atoms with Crippen molar-refractivity contribution in [3.63, 3.8) is 0 Å². The molecule has 100 valence electrons. The number of anilines is 2. The van der Waals surface area contributed by atoms with E-state index in [9.17, 15) is 10.1 Å². The smallest absolute Gasteiger partial charge is 0.273 e. The van der Waals surface area contributed by atoms with Gasteiger partial charge >= 0.3 is 0 Å². The van der Waals surface area contributed by atoms with Crippen LogP contribution in [0.5, 0.6) is 0 Å². The molecule has 1 rings (SSSR count). The lowest BCUT2D eigenvalue weighted by atomic mass is 10.2. The standard InChI is InChI=1S/C11H17N3O4/c1-17-4-5-18-3-2-13-10-6-9(12)7-11(8-10)14(15)16/h6-8,13H,2-5,12H2,1H3. The maximum Gasteiger partial charge on any atom is 0.273 e. The summed E-state index contributed by atoms with van der Waals surface area (Å²) in [5, 5.41) is 13.6. The highest BCUT2D eigenvalue weighted by atomic mass is 16.6. The van der Waals surface area contributed by atoms with Crippen molar-refractivity contribution >= 4 is 17.1 Å². The summed E-state index contributed by atoms with van der Waals surface area (Å²) in [4.78, 5) is 10.2. The number of hydrogen-bond donors (Lipinski definition) is 2. The Bertz CT molecular complexity index is 398. The van der Waals surface area contributed by atoms with Gasteiger partial charge in [-0.25, -0.2) is 0 Å². The van der Waals surface area contributed by atoms with Crippen LogP contribution in [0.3, 0.4) is 0 Å². The second-order valence-corrected chi connectivity index (χ2v) is 3.60. The second-order valence-electron chi connectivity index (χ2n) is 3.60. The van der Waals surface area contributed by atoms with Gasteiger partial charge < -0.3 is 20.5 Å². The molecule has 0 fully saturated rings. The Balaban J connectivity index is 2.40. The van der Waals surface area contributed by atoms with Crippen LogP contribution in [0.15, 0.2) is 18.2 Å². The van der Waals surface area contributed by atoms with E-state index in [0.717, 1.165) is 0 Å². The van der Waals surface area contributed by atoms with E-state index in [1.54, 1.807) is 13.2 Å². The molecule has 0 aliphatic heterocycles. The summed E-state index contributed by atoms with van der Waals surface area (Å²) < 4.78 is 10.1. The number of rotatable bonds is 8. The summed E-state index contributed by atoms with van der Waals surface area (Å²) in [6.45, 7) is 2.11. The summed E-state index contributed by atoms with van der Waals surface area (Å²) in [5.41, 5.74) is 6.51. The number of nitrogens with one attached hydrogen (secondary N) is 1. The minimum absolute atomic E-state index is 0.0298. The molecule has 18 heavy (non-hydrogen) atoms. The lowest BCUT2D eigenvalue weighted by Gasteiger charge is -2.08. The molecule has 0 aliphatic carbocycles. The number of methoxy groups -OCH3 is 1. The fourth-order valence-electron chi connectivity index (χ4n) is 1.35. The molecule has 0 heterocycles. The van der Waals surface area contributed by atoms with E-state index in [2.05, 4.69) is 5.32 Å². The van der Waals surface area contributed by atoms with Gasteiger partial charge in [-0.2, -0.15) is 0 Å². The van der Waals surface area contributed by atoms with Gasteiger partial charge in [-0.3, -0.25) is 10.1 Å². The Kier molecular flexibility index (Phi) is 5.89. The first-order chi connectivity index (χ1) is 8.63. The van der Waals surface area contributed by atoms with E-state index in [1.165, 1.54) is 12.1 Å². The van der Waals surface area contributed by atoms with E-state index in [0.29, 0.717) is 37.7 Å². The lowest BCUT2D eigenvalue weighted by Crippen LogP contribution is -2.12. The average molecular weight is 255 g/mol. The third kappa shape index (κ3) is 4.98. The molecular weight excluding hydrogens is 238 g/mol. The van der Waals surface area contributed by atoms with Crippen LogP contribution in [0.2, 0.25) is 0 Å². The predicted molar refractivity (Wildman–Crippen MR) is 68.7 cm³/mol. The normalized spacial score (nSPS) is 10.3. The zero-order valence-electron chi connectivity index (χ0n) is 10.2. The van der Waals surface area contributed by atoms with Gasteiger partial charge in [0, 0.05) is 37.2 Å². The van der Waals surface area contributed by atoms with E-state index >= 15 is 0 Å². The van der Waals surface area contributed by atoms with Gasteiger partial charge in [-0.1, -0.05) is 0 Å². The van der Waals surface area contributed by atoms with Gasteiger partial charge in [0.25, 0.3) is 5.69 Å². The van der Waals surface area contributed by atoms with Gasteiger partial charge in [0.1, 0.15) is 0 Å².